The number of nitrogens with one attached hydrogen (secondary N) is 1. The van der Waals surface area contributed by atoms with E-state index >= 15 is 0 Å². The lowest BCUT2D eigenvalue weighted by molar-refractivity contribution is 0.553. The minimum atomic E-state index is 0.371. The second-order valence-corrected chi connectivity index (χ2v) is 5.41. The zero-order valence-corrected chi connectivity index (χ0v) is 11.4. The molecule has 0 saturated carbocycles. The molecule has 0 fully saturated rings. The topological polar surface area (TPSA) is 12.0 Å². The molecule has 0 amide bonds. The van der Waals surface area contributed by atoms with Crippen molar-refractivity contribution in [3.05, 3.63) is 57.2 Å². The number of likely N-dealkylation sites (N-methyl/N-ethyl adjacent to an activating group) is 1. The Bertz CT molecular complexity index is 436. The first kappa shape index (κ1) is 12.6. The molecule has 0 aliphatic rings. The first-order chi connectivity index (χ1) is 8.29. The molecular formula is C14H16ClNS. The fraction of sp³-hybridized carbons (Fsp3) is 0.286. The first-order valence-corrected chi connectivity index (χ1v) is 7.06. The van der Waals surface area contributed by atoms with Crippen molar-refractivity contribution >= 4 is 22.9 Å². The Hall–Kier alpha value is -0.830. The van der Waals surface area contributed by atoms with Crippen molar-refractivity contribution in [2.75, 3.05) is 6.54 Å². The Labute approximate surface area is 111 Å². The molecule has 1 heterocycles. The van der Waals surface area contributed by atoms with Crippen LogP contribution in [-0.4, -0.2) is 6.54 Å². The second kappa shape index (κ2) is 6.20. The summed E-state index contributed by atoms with van der Waals surface area (Å²) in [6, 6.07) is 12.8. The molecule has 0 spiro atoms. The molecular weight excluding hydrogens is 250 g/mol. The Morgan fingerprint density at radius 3 is 2.59 bits per heavy atom. The molecule has 0 saturated heterocycles. The third-order valence-electron chi connectivity index (χ3n) is 2.71. The molecule has 2 rings (SSSR count). The Kier molecular flexibility index (Phi) is 4.60. The summed E-state index contributed by atoms with van der Waals surface area (Å²) in [4.78, 5) is 1.41. The number of thiophene rings is 1. The highest BCUT2D eigenvalue weighted by molar-refractivity contribution is 7.09. The van der Waals surface area contributed by atoms with Crippen molar-refractivity contribution in [3.8, 4) is 0 Å². The van der Waals surface area contributed by atoms with Crippen LogP contribution in [0.3, 0.4) is 0 Å². The summed E-state index contributed by atoms with van der Waals surface area (Å²) in [5, 5.41) is 6.44. The van der Waals surface area contributed by atoms with Gasteiger partial charge in [-0.15, -0.1) is 11.3 Å². The molecule has 1 aromatic heterocycles. The summed E-state index contributed by atoms with van der Waals surface area (Å²) in [6.07, 6.45) is 1.03. The largest absolute Gasteiger partial charge is 0.310 e. The van der Waals surface area contributed by atoms with E-state index in [0.29, 0.717) is 6.04 Å². The molecule has 0 bridgehead atoms. The van der Waals surface area contributed by atoms with Gasteiger partial charge in [-0.05, 0) is 35.7 Å². The van der Waals surface area contributed by atoms with Crippen LogP contribution in [0.4, 0.5) is 0 Å². The lowest BCUT2D eigenvalue weighted by atomic mass is 10.0. The molecule has 3 heteroatoms. The second-order valence-electron chi connectivity index (χ2n) is 3.95. The summed E-state index contributed by atoms with van der Waals surface area (Å²) in [7, 11) is 0. The van der Waals surface area contributed by atoms with Crippen LogP contribution in [0.2, 0.25) is 5.02 Å². The highest BCUT2D eigenvalue weighted by Gasteiger charge is 2.11. The quantitative estimate of drug-likeness (QED) is 0.850. The summed E-state index contributed by atoms with van der Waals surface area (Å²) in [6.45, 7) is 3.11. The van der Waals surface area contributed by atoms with Crippen molar-refractivity contribution in [1.82, 2.24) is 5.32 Å². The maximum absolute atomic E-state index is 5.92. The maximum atomic E-state index is 5.92. The average Bonchev–Trinajstić information content (AvgIpc) is 2.82. The van der Waals surface area contributed by atoms with Gasteiger partial charge in [0.1, 0.15) is 0 Å². The number of hydrogen-bond acceptors (Lipinski definition) is 2. The van der Waals surface area contributed by atoms with E-state index in [4.69, 9.17) is 11.6 Å². The summed E-state index contributed by atoms with van der Waals surface area (Å²) >= 11 is 7.73. The molecule has 1 aromatic carbocycles. The highest BCUT2D eigenvalue weighted by atomic mass is 35.5. The maximum Gasteiger partial charge on any atom is 0.0406 e. The van der Waals surface area contributed by atoms with Gasteiger partial charge in [0.25, 0.3) is 0 Å². The fourth-order valence-electron chi connectivity index (χ4n) is 1.88. The zero-order chi connectivity index (χ0) is 12.1. The standard InChI is InChI=1S/C14H16ClNS/c1-2-16-14(10-13-4-3-9-17-13)11-5-7-12(15)8-6-11/h3-9,14,16H,2,10H2,1H3. The zero-order valence-electron chi connectivity index (χ0n) is 9.82. The van der Waals surface area contributed by atoms with E-state index in [-0.39, 0.29) is 0 Å². The van der Waals surface area contributed by atoms with Crippen molar-refractivity contribution in [2.24, 2.45) is 0 Å². The third kappa shape index (κ3) is 3.56. The van der Waals surface area contributed by atoms with Crippen molar-refractivity contribution in [1.29, 1.82) is 0 Å². The van der Waals surface area contributed by atoms with Gasteiger partial charge in [-0.2, -0.15) is 0 Å². The summed E-state index contributed by atoms with van der Waals surface area (Å²) < 4.78 is 0. The molecule has 2 aromatic rings. The number of halogens is 1. The van der Waals surface area contributed by atoms with E-state index in [0.717, 1.165) is 18.0 Å². The SMILES string of the molecule is CCNC(Cc1cccs1)c1ccc(Cl)cc1. The van der Waals surface area contributed by atoms with Crippen LogP contribution >= 0.6 is 22.9 Å². The molecule has 1 nitrogen and oxygen atoms in total. The van der Waals surface area contributed by atoms with E-state index in [2.05, 4.69) is 41.9 Å². The molecule has 1 atom stereocenters. The van der Waals surface area contributed by atoms with Gasteiger partial charge in [-0.3, -0.25) is 0 Å². The number of benzene rings is 1. The van der Waals surface area contributed by atoms with Crippen molar-refractivity contribution in [3.63, 3.8) is 0 Å². The fourth-order valence-corrected chi connectivity index (χ4v) is 2.76. The van der Waals surface area contributed by atoms with Crippen LogP contribution in [0.15, 0.2) is 41.8 Å². The van der Waals surface area contributed by atoms with Gasteiger partial charge in [-0.25, -0.2) is 0 Å². The van der Waals surface area contributed by atoms with Gasteiger partial charge in [0, 0.05) is 22.4 Å². The van der Waals surface area contributed by atoms with Gasteiger partial charge in [0.2, 0.25) is 0 Å². The van der Waals surface area contributed by atoms with Crippen molar-refractivity contribution in [2.45, 2.75) is 19.4 Å². The molecule has 1 N–H and O–H groups in total. The molecule has 1 unspecified atom stereocenters. The van der Waals surface area contributed by atoms with E-state index in [9.17, 15) is 0 Å². The van der Waals surface area contributed by atoms with Crippen LogP contribution in [0.5, 0.6) is 0 Å². The molecule has 17 heavy (non-hydrogen) atoms. The van der Waals surface area contributed by atoms with E-state index < -0.39 is 0 Å². The van der Waals surface area contributed by atoms with Crippen LogP contribution in [0, 0.1) is 0 Å². The van der Waals surface area contributed by atoms with E-state index in [1.807, 2.05) is 23.5 Å². The van der Waals surface area contributed by atoms with Gasteiger partial charge >= 0.3 is 0 Å². The van der Waals surface area contributed by atoms with Gasteiger partial charge in [0.15, 0.2) is 0 Å². The average molecular weight is 266 g/mol. The lowest BCUT2D eigenvalue weighted by Crippen LogP contribution is -2.22. The summed E-state index contributed by atoms with van der Waals surface area (Å²) in [5.41, 5.74) is 1.30. The highest BCUT2D eigenvalue weighted by Crippen LogP contribution is 2.22. The van der Waals surface area contributed by atoms with Crippen LogP contribution in [0.1, 0.15) is 23.4 Å². The molecule has 0 aliphatic carbocycles. The van der Waals surface area contributed by atoms with Crippen molar-refractivity contribution < 1.29 is 0 Å². The molecule has 0 aliphatic heterocycles. The normalized spacial score (nSPS) is 12.6. The molecule has 0 radical (unpaired) electrons. The van der Waals surface area contributed by atoms with Gasteiger partial charge in [0.05, 0.1) is 0 Å². The Balaban J connectivity index is 2.13. The predicted octanol–water partition coefficient (Wildman–Crippen LogP) is 4.29. The minimum Gasteiger partial charge on any atom is -0.310 e. The third-order valence-corrected chi connectivity index (χ3v) is 3.86. The minimum absolute atomic E-state index is 0.371. The monoisotopic (exact) mass is 265 g/mol. The molecule has 90 valence electrons. The Morgan fingerprint density at radius 2 is 2.00 bits per heavy atom. The first-order valence-electron chi connectivity index (χ1n) is 5.81. The number of hydrogen-bond donors (Lipinski definition) is 1. The van der Waals surface area contributed by atoms with Gasteiger partial charge in [-0.1, -0.05) is 36.7 Å². The smallest absolute Gasteiger partial charge is 0.0406 e. The van der Waals surface area contributed by atoms with Crippen LogP contribution in [0.25, 0.3) is 0 Å². The van der Waals surface area contributed by atoms with E-state index in [1.54, 1.807) is 0 Å². The summed E-state index contributed by atoms with van der Waals surface area (Å²) in [5.74, 6) is 0. The number of rotatable bonds is 5. The van der Waals surface area contributed by atoms with Crippen LogP contribution < -0.4 is 5.32 Å². The lowest BCUT2D eigenvalue weighted by Gasteiger charge is -2.17. The Morgan fingerprint density at radius 1 is 1.24 bits per heavy atom. The van der Waals surface area contributed by atoms with Gasteiger partial charge < -0.3 is 5.32 Å². The van der Waals surface area contributed by atoms with E-state index in [1.165, 1.54) is 10.4 Å². The van der Waals surface area contributed by atoms with Crippen LogP contribution in [-0.2, 0) is 6.42 Å². The predicted molar refractivity (Wildman–Crippen MR) is 75.9 cm³/mol.